The lowest BCUT2D eigenvalue weighted by Gasteiger charge is -2.15. The number of hydrogen-bond donors (Lipinski definition) is 1. The second-order valence-electron chi connectivity index (χ2n) is 5.76. The zero-order valence-corrected chi connectivity index (χ0v) is 13.4. The zero-order chi connectivity index (χ0) is 14.5. The van der Waals surface area contributed by atoms with Crippen LogP contribution in [0.2, 0.25) is 0 Å². The second kappa shape index (κ2) is 7.14. The van der Waals surface area contributed by atoms with Gasteiger partial charge in [0.2, 0.25) is 0 Å². The number of nitrogens with one attached hydrogen (secondary N) is 1. The maximum absolute atomic E-state index is 4.50. The number of hydrogen-bond acceptors (Lipinski definition) is 4. The highest BCUT2D eigenvalue weighted by Gasteiger charge is 2.24. The highest BCUT2D eigenvalue weighted by molar-refractivity contribution is 7.11. The summed E-state index contributed by atoms with van der Waals surface area (Å²) in [5, 5.41) is 14.9. The van der Waals surface area contributed by atoms with Crippen LogP contribution in [-0.2, 0) is 0 Å². The van der Waals surface area contributed by atoms with E-state index in [1.54, 1.807) is 11.3 Å². The van der Waals surface area contributed by atoms with Crippen LogP contribution in [0.15, 0.2) is 30.3 Å². The molecule has 1 fully saturated rings. The van der Waals surface area contributed by atoms with E-state index >= 15 is 0 Å². The van der Waals surface area contributed by atoms with Crippen molar-refractivity contribution in [2.75, 3.05) is 6.54 Å². The van der Waals surface area contributed by atoms with Crippen molar-refractivity contribution >= 4 is 11.3 Å². The molecule has 1 aliphatic carbocycles. The predicted molar refractivity (Wildman–Crippen MR) is 87.7 cm³/mol. The van der Waals surface area contributed by atoms with E-state index in [4.69, 9.17) is 0 Å². The van der Waals surface area contributed by atoms with Gasteiger partial charge in [-0.3, -0.25) is 0 Å². The smallest absolute Gasteiger partial charge is 0.139 e. The van der Waals surface area contributed by atoms with Crippen LogP contribution in [0.25, 0.3) is 0 Å². The predicted octanol–water partition coefficient (Wildman–Crippen LogP) is 4.28. The number of aromatic nitrogens is 2. The van der Waals surface area contributed by atoms with Gasteiger partial charge in [-0.1, -0.05) is 61.4 Å². The SMILES string of the molecule is CCCNC(c1ccccc1)c1nnc(C2CCCC2)s1. The van der Waals surface area contributed by atoms with E-state index in [0.717, 1.165) is 18.0 Å². The largest absolute Gasteiger partial charge is 0.304 e. The molecule has 0 amide bonds. The average Bonchev–Trinajstić information content (AvgIpc) is 3.20. The van der Waals surface area contributed by atoms with Gasteiger partial charge in [-0.2, -0.15) is 0 Å². The van der Waals surface area contributed by atoms with Crippen LogP contribution >= 0.6 is 11.3 Å². The molecule has 112 valence electrons. The van der Waals surface area contributed by atoms with Gasteiger partial charge in [-0.25, -0.2) is 0 Å². The van der Waals surface area contributed by atoms with Crippen molar-refractivity contribution in [3.8, 4) is 0 Å². The quantitative estimate of drug-likeness (QED) is 0.865. The van der Waals surface area contributed by atoms with Gasteiger partial charge in [-0.15, -0.1) is 10.2 Å². The van der Waals surface area contributed by atoms with Crippen LogP contribution in [0.4, 0.5) is 0 Å². The van der Waals surface area contributed by atoms with Gasteiger partial charge in [0.05, 0.1) is 6.04 Å². The lowest BCUT2D eigenvalue weighted by atomic mass is 10.1. The number of rotatable bonds is 6. The van der Waals surface area contributed by atoms with Crippen molar-refractivity contribution in [2.24, 2.45) is 0 Å². The number of nitrogens with zero attached hydrogens (tertiary/aromatic N) is 2. The van der Waals surface area contributed by atoms with Crippen molar-refractivity contribution in [1.29, 1.82) is 0 Å². The van der Waals surface area contributed by atoms with E-state index in [1.807, 2.05) is 0 Å². The summed E-state index contributed by atoms with van der Waals surface area (Å²) in [6.45, 7) is 3.19. The molecule has 1 aliphatic rings. The standard InChI is InChI=1S/C17H23N3S/c1-2-12-18-15(13-8-4-3-5-9-13)17-20-19-16(21-17)14-10-6-7-11-14/h3-5,8-9,14-15,18H,2,6-7,10-12H2,1H3. The summed E-state index contributed by atoms with van der Waals surface area (Å²) in [7, 11) is 0. The van der Waals surface area contributed by atoms with Crippen LogP contribution in [0.3, 0.4) is 0 Å². The molecule has 1 N–H and O–H groups in total. The Hall–Kier alpha value is -1.26. The number of benzene rings is 1. The van der Waals surface area contributed by atoms with Crippen molar-refractivity contribution in [3.05, 3.63) is 45.9 Å². The minimum Gasteiger partial charge on any atom is -0.304 e. The maximum Gasteiger partial charge on any atom is 0.139 e. The third kappa shape index (κ3) is 3.50. The molecule has 0 spiro atoms. The van der Waals surface area contributed by atoms with E-state index < -0.39 is 0 Å². The molecular weight excluding hydrogens is 278 g/mol. The van der Waals surface area contributed by atoms with Gasteiger partial charge in [0.15, 0.2) is 0 Å². The molecule has 0 radical (unpaired) electrons. The van der Waals surface area contributed by atoms with Crippen LogP contribution in [-0.4, -0.2) is 16.7 Å². The molecule has 21 heavy (non-hydrogen) atoms. The first-order valence-electron chi connectivity index (χ1n) is 8.00. The minimum atomic E-state index is 0.179. The molecule has 3 nitrogen and oxygen atoms in total. The summed E-state index contributed by atoms with van der Waals surface area (Å²) in [6, 6.07) is 10.8. The molecule has 2 aromatic rings. The highest BCUT2D eigenvalue weighted by Crippen LogP contribution is 2.37. The summed E-state index contributed by atoms with van der Waals surface area (Å²) >= 11 is 1.80. The molecule has 1 atom stereocenters. The van der Waals surface area contributed by atoms with E-state index in [2.05, 4.69) is 52.8 Å². The summed E-state index contributed by atoms with van der Waals surface area (Å²) in [4.78, 5) is 0. The molecular formula is C17H23N3S. The Balaban J connectivity index is 1.82. The van der Waals surface area contributed by atoms with E-state index in [0.29, 0.717) is 5.92 Å². The molecule has 1 aromatic carbocycles. The average molecular weight is 301 g/mol. The fourth-order valence-corrected chi connectivity index (χ4v) is 4.10. The van der Waals surface area contributed by atoms with Gasteiger partial charge in [0, 0.05) is 5.92 Å². The minimum absolute atomic E-state index is 0.179. The fraction of sp³-hybridized carbons (Fsp3) is 0.529. The normalized spacial score (nSPS) is 17.2. The van der Waals surface area contributed by atoms with Crippen LogP contribution in [0.1, 0.15) is 66.6 Å². The van der Waals surface area contributed by atoms with Gasteiger partial charge >= 0.3 is 0 Å². The third-order valence-corrected chi connectivity index (χ3v) is 5.29. The summed E-state index contributed by atoms with van der Waals surface area (Å²) < 4.78 is 0. The van der Waals surface area contributed by atoms with Crippen LogP contribution in [0.5, 0.6) is 0 Å². The Morgan fingerprint density at radius 3 is 2.67 bits per heavy atom. The van der Waals surface area contributed by atoms with Gasteiger partial charge in [0.1, 0.15) is 10.0 Å². The first-order valence-corrected chi connectivity index (χ1v) is 8.81. The molecule has 1 saturated carbocycles. The lowest BCUT2D eigenvalue weighted by molar-refractivity contribution is 0.590. The van der Waals surface area contributed by atoms with Crippen LogP contribution < -0.4 is 5.32 Å². The highest BCUT2D eigenvalue weighted by atomic mass is 32.1. The van der Waals surface area contributed by atoms with Crippen molar-refractivity contribution in [2.45, 2.75) is 51.0 Å². The Kier molecular flexibility index (Phi) is 4.99. The molecule has 0 aliphatic heterocycles. The third-order valence-electron chi connectivity index (χ3n) is 4.14. The molecule has 0 bridgehead atoms. The summed E-state index contributed by atoms with van der Waals surface area (Å²) in [5.41, 5.74) is 1.28. The van der Waals surface area contributed by atoms with Gasteiger partial charge < -0.3 is 5.32 Å². The monoisotopic (exact) mass is 301 g/mol. The van der Waals surface area contributed by atoms with Crippen LogP contribution in [0, 0.1) is 0 Å². The Morgan fingerprint density at radius 2 is 1.95 bits per heavy atom. The first kappa shape index (κ1) is 14.7. The van der Waals surface area contributed by atoms with Crippen molar-refractivity contribution < 1.29 is 0 Å². The maximum atomic E-state index is 4.50. The summed E-state index contributed by atoms with van der Waals surface area (Å²) in [6.07, 6.45) is 6.38. The van der Waals surface area contributed by atoms with Gasteiger partial charge in [0.25, 0.3) is 0 Å². The van der Waals surface area contributed by atoms with E-state index in [1.165, 1.54) is 36.3 Å². The van der Waals surface area contributed by atoms with Crippen molar-refractivity contribution in [1.82, 2.24) is 15.5 Å². The topological polar surface area (TPSA) is 37.8 Å². The fourth-order valence-electron chi connectivity index (χ4n) is 2.98. The Bertz CT molecular complexity index is 546. The molecule has 1 heterocycles. The van der Waals surface area contributed by atoms with Crippen molar-refractivity contribution in [3.63, 3.8) is 0 Å². The van der Waals surface area contributed by atoms with E-state index in [-0.39, 0.29) is 6.04 Å². The van der Waals surface area contributed by atoms with E-state index in [9.17, 15) is 0 Å². The zero-order valence-electron chi connectivity index (χ0n) is 12.6. The second-order valence-corrected chi connectivity index (χ2v) is 6.80. The Labute approximate surface area is 130 Å². The molecule has 1 unspecified atom stereocenters. The molecule has 3 rings (SSSR count). The summed E-state index contributed by atoms with van der Waals surface area (Å²) in [5.74, 6) is 0.652. The molecule has 1 aromatic heterocycles. The molecule has 0 saturated heterocycles. The first-order chi connectivity index (χ1) is 10.4. The molecule has 4 heteroatoms. The Morgan fingerprint density at radius 1 is 1.19 bits per heavy atom. The lowest BCUT2D eigenvalue weighted by Crippen LogP contribution is -2.23. The van der Waals surface area contributed by atoms with Gasteiger partial charge in [-0.05, 0) is 31.4 Å².